The molecule has 0 aliphatic rings. The molecule has 4 aromatic rings. The van der Waals surface area contributed by atoms with Gasteiger partial charge >= 0.3 is 0 Å². The summed E-state index contributed by atoms with van der Waals surface area (Å²) < 4.78 is 0. The van der Waals surface area contributed by atoms with Crippen molar-refractivity contribution in [2.45, 2.75) is 40.0 Å². The quantitative estimate of drug-likeness (QED) is 0.348. The summed E-state index contributed by atoms with van der Waals surface area (Å²) in [6.45, 7) is 8.64. The molecule has 2 aromatic carbocycles. The van der Waals surface area contributed by atoms with E-state index in [0.29, 0.717) is 0 Å². The molecule has 0 amide bonds. The predicted octanol–water partition coefficient (Wildman–Crippen LogP) is 7.26. The number of benzene rings is 2. The SMILES string of the molecule is CC(C)=CCc1ccc2c([C@@H](C=C(C)C)c3ccc4cc[nH]c4c3)c[nH]c2c1. The first-order valence-corrected chi connectivity index (χ1v) is 9.96. The number of hydrogen-bond donors (Lipinski definition) is 2. The number of aromatic amines is 2. The number of allylic oxidation sites excluding steroid dienone is 4. The fraction of sp³-hybridized carbons (Fsp3) is 0.231. The molecule has 0 saturated carbocycles. The standard InChI is InChI=1S/C26H28N2/c1-17(2)5-6-19-7-10-22-24(16-28-26(22)14-19)23(13-18(3)4)21-9-8-20-11-12-27-25(20)15-21/h5,7-16,23,27-28H,6H2,1-4H3/t23-/m0/s1. The van der Waals surface area contributed by atoms with Gasteiger partial charge in [-0.2, -0.15) is 0 Å². The van der Waals surface area contributed by atoms with Crippen LogP contribution in [0.4, 0.5) is 0 Å². The monoisotopic (exact) mass is 368 g/mol. The molecule has 0 unspecified atom stereocenters. The zero-order valence-corrected chi connectivity index (χ0v) is 17.1. The molecule has 2 N–H and O–H groups in total. The molecule has 0 radical (unpaired) electrons. The summed E-state index contributed by atoms with van der Waals surface area (Å²) >= 11 is 0. The second-order valence-electron chi connectivity index (χ2n) is 8.16. The van der Waals surface area contributed by atoms with Crippen molar-refractivity contribution in [2.24, 2.45) is 0 Å². The third-order valence-corrected chi connectivity index (χ3v) is 5.30. The lowest BCUT2D eigenvalue weighted by atomic mass is 9.89. The van der Waals surface area contributed by atoms with E-state index in [1.165, 1.54) is 49.6 Å². The molecule has 4 rings (SSSR count). The fourth-order valence-electron chi connectivity index (χ4n) is 3.86. The molecule has 0 saturated heterocycles. The highest BCUT2D eigenvalue weighted by Gasteiger charge is 2.17. The van der Waals surface area contributed by atoms with Crippen LogP contribution in [0.15, 0.2) is 78.2 Å². The minimum Gasteiger partial charge on any atom is -0.361 e. The normalized spacial score (nSPS) is 12.3. The predicted molar refractivity (Wildman–Crippen MR) is 121 cm³/mol. The van der Waals surface area contributed by atoms with Gasteiger partial charge in [0.15, 0.2) is 0 Å². The Morgan fingerprint density at radius 1 is 0.893 bits per heavy atom. The lowest BCUT2D eigenvalue weighted by molar-refractivity contribution is 1.02. The van der Waals surface area contributed by atoms with Crippen LogP contribution in [-0.2, 0) is 6.42 Å². The first-order chi connectivity index (χ1) is 13.5. The van der Waals surface area contributed by atoms with Crippen molar-refractivity contribution in [3.05, 3.63) is 94.8 Å². The van der Waals surface area contributed by atoms with E-state index < -0.39 is 0 Å². The Morgan fingerprint density at radius 3 is 2.54 bits per heavy atom. The van der Waals surface area contributed by atoms with Gasteiger partial charge in [0.2, 0.25) is 0 Å². The van der Waals surface area contributed by atoms with E-state index in [-0.39, 0.29) is 5.92 Å². The van der Waals surface area contributed by atoms with Gasteiger partial charge in [-0.1, -0.05) is 47.6 Å². The highest BCUT2D eigenvalue weighted by molar-refractivity contribution is 5.86. The minimum absolute atomic E-state index is 0.232. The van der Waals surface area contributed by atoms with E-state index in [2.05, 4.69) is 98.5 Å². The second-order valence-corrected chi connectivity index (χ2v) is 8.16. The summed E-state index contributed by atoms with van der Waals surface area (Å²) in [5, 5.41) is 2.55. The molecule has 0 fully saturated rings. The molecule has 142 valence electrons. The molecular formula is C26H28N2. The van der Waals surface area contributed by atoms with Gasteiger partial charge in [-0.25, -0.2) is 0 Å². The maximum absolute atomic E-state index is 3.51. The minimum atomic E-state index is 0.232. The number of aromatic nitrogens is 2. The zero-order valence-electron chi connectivity index (χ0n) is 17.1. The molecule has 0 aliphatic heterocycles. The van der Waals surface area contributed by atoms with Crippen LogP contribution in [0.5, 0.6) is 0 Å². The Bertz CT molecular complexity index is 1180. The van der Waals surface area contributed by atoms with Crippen LogP contribution >= 0.6 is 0 Å². The first kappa shape index (κ1) is 18.4. The fourth-order valence-corrected chi connectivity index (χ4v) is 3.86. The molecule has 2 heterocycles. The third-order valence-electron chi connectivity index (χ3n) is 5.30. The number of fused-ring (bicyclic) bond motifs is 2. The first-order valence-electron chi connectivity index (χ1n) is 9.96. The van der Waals surface area contributed by atoms with Crippen LogP contribution in [0.25, 0.3) is 21.8 Å². The van der Waals surface area contributed by atoms with E-state index in [9.17, 15) is 0 Å². The van der Waals surface area contributed by atoms with Gasteiger partial charge in [0.25, 0.3) is 0 Å². The Morgan fingerprint density at radius 2 is 1.75 bits per heavy atom. The summed E-state index contributed by atoms with van der Waals surface area (Å²) in [4.78, 5) is 6.86. The van der Waals surface area contributed by atoms with Gasteiger partial charge in [-0.3, -0.25) is 0 Å². The van der Waals surface area contributed by atoms with Crippen LogP contribution in [0.1, 0.15) is 50.3 Å². The lowest BCUT2D eigenvalue weighted by Crippen LogP contribution is -1.98. The molecule has 0 aliphatic carbocycles. The lowest BCUT2D eigenvalue weighted by Gasteiger charge is -2.15. The van der Waals surface area contributed by atoms with Gasteiger partial charge in [0.1, 0.15) is 0 Å². The molecular weight excluding hydrogens is 340 g/mol. The Kier molecular flexibility index (Phi) is 4.95. The average molecular weight is 369 g/mol. The number of nitrogens with one attached hydrogen (secondary N) is 2. The topological polar surface area (TPSA) is 31.6 Å². The van der Waals surface area contributed by atoms with Crippen LogP contribution in [-0.4, -0.2) is 9.97 Å². The molecule has 28 heavy (non-hydrogen) atoms. The van der Waals surface area contributed by atoms with Gasteiger partial charge < -0.3 is 9.97 Å². The van der Waals surface area contributed by atoms with Crippen molar-refractivity contribution in [2.75, 3.05) is 0 Å². The van der Waals surface area contributed by atoms with E-state index in [1.807, 2.05) is 6.20 Å². The molecule has 2 nitrogen and oxygen atoms in total. The summed E-state index contributed by atoms with van der Waals surface area (Å²) in [7, 11) is 0. The molecule has 2 heteroatoms. The van der Waals surface area contributed by atoms with Gasteiger partial charge in [0, 0.05) is 34.7 Å². The van der Waals surface area contributed by atoms with E-state index in [4.69, 9.17) is 0 Å². The highest BCUT2D eigenvalue weighted by Crippen LogP contribution is 2.34. The van der Waals surface area contributed by atoms with Crippen molar-refractivity contribution in [1.82, 2.24) is 9.97 Å². The average Bonchev–Trinajstić information content (AvgIpc) is 3.30. The highest BCUT2D eigenvalue weighted by atomic mass is 14.7. The van der Waals surface area contributed by atoms with Crippen LogP contribution < -0.4 is 0 Å². The number of hydrogen-bond acceptors (Lipinski definition) is 0. The smallest absolute Gasteiger partial charge is 0.0460 e. The van der Waals surface area contributed by atoms with Crippen molar-refractivity contribution in [1.29, 1.82) is 0 Å². The van der Waals surface area contributed by atoms with Crippen molar-refractivity contribution in [3.8, 4) is 0 Å². The molecule has 2 aromatic heterocycles. The summed E-state index contributed by atoms with van der Waals surface area (Å²) in [6.07, 6.45) is 9.81. The van der Waals surface area contributed by atoms with Crippen LogP contribution in [0.2, 0.25) is 0 Å². The zero-order chi connectivity index (χ0) is 19.7. The Hall–Kier alpha value is -3.00. The van der Waals surface area contributed by atoms with Crippen LogP contribution in [0, 0.1) is 0 Å². The number of rotatable bonds is 5. The van der Waals surface area contributed by atoms with E-state index in [1.54, 1.807) is 0 Å². The maximum Gasteiger partial charge on any atom is 0.0460 e. The van der Waals surface area contributed by atoms with E-state index >= 15 is 0 Å². The molecule has 1 atom stereocenters. The van der Waals surface area contributed by atoms with Crippen molar-refractivity contribution >= 4 is 21.8 Å². The van der Waals surface area contributed by atoms with Crippen molar-refractivity contribution in [3.63, 3.8) is 0 Å². The summed E-state index contributed by atoms with van der Waals surface area (Å²) in [6, 6.07) is 15.7. The van der Waals surface area contributed by atoms with Gasteiger partial charge in [-0.15, -0.1) is 0 Å². The molecule has 0 bridgehead atoms. The van der Waals surface area contributed by atoms with Crippen LogP contribution in [0.3, 0.4) is 0 Å². The second kappa shape index (κ2) is 7.55. The molecule has 0 spiro atoms. The van der Waals surface area contributed by atoms with Crippen molar-refractivity contribution < 1.29 is 0 Å². The maximum atomic E-state index is 3.51. The Balaban J connectivity index is 1.79. The summed E-state index contributed by atoms with van der Waals surface area (Å²) in [5.41, 5.74) is 9.06. The summed E-state index contributed by atoms with van der Waals surface area (Å²) in [5.74, 6) is 0.232. The Labute approximate surface area is 167 Å². The largest absolute Gasteiger partial charge is 0.361 e. The van der Waals surface area contributed by atoms with Gasteiger partial charge in [0.05, 0.1) is 0 Å². The van der Waals surface area contributed by atoms with Gasteiger partial charge in [-0.05, 0) is 74.4 Å². The number of H-pyrrole nitrogens is 2. The van der Waals surface area contributed by atoms with E-state index in [0.717, 1.165) is 6.42 Å². The third kappa shape index (κ3) is 3.68.